The number of carbonyl (C=O) groups excluding carboxylic acids is 1. The predicted molar refractivity (Wildman–Crippen MR) is 77.8 cm³/mol. The van der Waals surface area contributed by atoms with Crippen molar-refractivity contribution in [1.29, 1.82) is 5.26 Å². The molecule has 1 atom stereocenters. The molecule has 1 amide bonds. The molecular formula is C16H15N3O. The van der Waals surface area contributed by atoms with Crippen molar-refractivity contribution in [3.63, 3.8) is 0 Å². The summed E-state index contributed by atoms with van der Waals surface area (Å²) >= 11 is 0. The van der Waals surface area contributed by atoms with Gasteiger partial charge in [-0.15, -0.1) is 0 Å². The van der Waals surface area contributed by atoms with Gasteiger partial charge >= 0.3 is 0 Å². The lowest BCUT2D eigenvalue weighted by Crippen LogP contribution is -2.27. The second-order valence-electron chi connectivity index (χ2n) is 4.42. The van der Waals surface area contributed by atoms with E-state index in [9.17, 15) is 4.79 Å². The van der Waals surface area contributed by atoms with Crippen LogP contribution in [0.1, 0.15) is 17.2 Å². The van der Waals surface area contributed by atoms with E-state index in [2.05, 4.69) is 11.4 Å². The Balaban J connectivity index is 2.17. The molecular weight excluding hydrogens is 250 g/mol. The fourth-order valence-corrected chi connectivity index (χ4v) is 1.94. The van der Waals surface area contributed by atoms with Gasteiger partial charge in [0.05, 0.1) is 12.5 Å². The van der Waals surface area contributed by atoms with Gasteiger partial charge in [0.15, 0.2) is 0 Å². The lowest BCUT2D eigenvalue weighted by atomic mass is 10.1. The number of nitrogens with zero attached hydrogens (tertiary/aromatic N) is 1. The van der Waals surface area contributed by atoms with Crippen molar-refractivity contribution in [2.75, 3.05) is 5.32 Å². The average Bonchev–Trinajstić information content (AvgIpc) is 2.47. The number of nitrogens with one attached hydrogen (secondary N) is 1. The highest BCUT2D eigenvalue weighted by Crippen LogP contribution is 2.19. The number of primary amides is 1. The minimum absolute atomic E-state index is 0.373. The SMILES string of the molecule is N#CCc1ccc(N[C@@H](C(N)=O)c2ccccc2)cc1. The highest BCUT2D eigenvalue weighted by molar-refractivity contribution is 5.84. The first kappa shape index (κ1) is 13.6. The zero-order valence-electron chi connectivity index (χ0n) is 10.9. The molecule has 0 aliphatic carbocycles. The van der Waals surface area contributed by atoms with E-state index in [1.165, 1.54) is 0 Å². The van der Waals surface area contributed by atoms with Gasteiger partial charge in [-0.3, -0.25) is 4.79 Å². The van der Waals surface area contributed by atoms with E-state index in [0.29, 0.717) is 6.42 Å². The van der Waals surface area contributed by atoms with Gasteiger partial charge in [-0.25, -0.2) is 0 Å². The maximum atomic E-state index is 11.6. The molecule has 0 saturated carbocycles. The molecule has 2 aromatic rings. The number of benzene rings is 2. The van der Waals surface area contributed by atoms with Crippen molar-refractivity contribution in [1.82, 2.24) is 0 Å². The molecule has 0 unspecified atom stereocenters. The van der Waals surface area contributed by atoms with E-state index in [1.54, 1.807) is 0 Å². The van der Waals surface area contributed by atoms with E-state index in [-0.39, 0.29) is 0 Å². The Morgan fingerprint density at radius 2 is 1.80 bits per heavy atom. The smallest absolute Gasteiger partial charge is 0.244 e. The van der Waals surface area contributed by atoms with Gasteiger partial charge < -0.3 is 11.1 Å². The van der Waals surface area contributed by atoms with Crippen LogP contribution in [0.2, 0.25) is 0 Å². The predicted octanol–water partition coefficient (Wildman–Crippen LogP) is 2.39. The fourth-order valence-electron chi connectivity index (χ4n) is 1.94. The zero-order chi connectivity index (χ0) is 14.4. The van der Waals surface area contributed by atoms with E-state index in [1.807, 2.05) is 54.6 Å². The monoisotopic (exact) mass is 265 g/mol. The molecule has 0 bridgehead atoms. The van der Waals surface area contributed by atoms with Gasteiger partial charge in [0.2, 0.25) is 5.91 Å². The van der Waals surface area contributed by atoms with Crippen molar-refractivity contribution in [3.8, 4) is 6.07 Å². The number of nitrogens with two attached hydrogens (primary N) is 1. The quantitative estimate of drug-likeness (QED) is 0.871. The summed E-state index contributed by atoms with van der Waals surface area (Å²) in [5, 5.41) is 11.7. The summed E-state index contributed by atoms with van der Waals surface area (Å²) in [6, 6.07) is 18.2. The van der Waals surface area contributed by atoms with Crippen molar-refractivity contribution >= 4 is 11.6 Å². The van der Waals surface area contributed by atoms with Crippen LogP contribution in [0.25, 0.3) is 0 Å². The van der Waals surface area contributed by atoms with Gasteiger partial charge in [-0.05, 0) is 23.3 Å². The Morgan fingerprint density at radius 3 is 2.35 bits per heavy atom. The van der Waals surface area contributed by atoms with Gasteiger partial charge in [0, 0.05) is 5.69 Å². The standard InChI is InChI=1S/C16H15N3O/c17-11-10-12-6-8-14(9-7-12)19-15(16(18)20)13-4-2-1-3-5-13/h1-9,15,19H,10H2,(H2,18,20)/t15-/m1/s1. The highest BCUT2D eigenvalue weighted by Gasteiger charge is 2.16. The molecule has 0 saturated heterocycles. The van der Waals surface area contributed by atoms with Gasteiger partial charge in [-0.2, -0.15) is 5.26 Å². The summed E-state index contributed by atoms with van der Waals surface area (Å²) in [5.74, 6) is -0.433. The number of rotatable bonds is 5. The summed E-state index contributed by atoms with van der Waals surface area (Å²) in [5.41, 5.74) is 8.00. The molecule has 3 N–H and O–H groups in total. The molecule has 0 fully saturated rings. The summed E-state index contributed by atoms with van der Waals surface area (Å²) in [7, 11) is 0. The summed E-state index contributed by atoms with van der Waals surface area (Å²) in [6.45, 7) is 0. The van der Waals surface area contributed by atoms with Crippen LogP contribution in [0.3, 0.4) is 0 Å². The van der Waals surface area contributed by atoms with Gasteiger partial charge in [-0.1, -0.05) is 42.5 Å². The topological polar surface area (TPSA) is 78.9 Å². The van der Waals surface area contributed by atoms with Crippen molar-refractivity contribution in [2.45, 2.75) is 12.5 Å². The Morgan fingerprint density at radius 1 is 1.15 bits per heavy atom. The van der Waals surface area contributed by atoms with E-state index < -0.39 is 11.9 Å². The highest BCUT2D eigenvalue weighted by atomic mass is 16.1. The Labute approximate surface area is 117 Å². The first-order valence-corrected chi connectivity index (χ1v) is 6.27. The first-order chi connectivity index (χ1) is 9.70. The van der Waals surface area contributed by atoms with Crippen LogP contribution in [0.4, 0.5) is 5.69 Å². The summed E-state index contributed by atoms with van der Waals surface area (Å²) in [6.07, 6.45) is 0.373. The largest absolute Gasteiger partial charge is 0.370 e. The molecule has 0 spiro atoms. The third-order valence-electron chi connectivity index (χ3n) is 2.97. The van der Waals surface area contributed by atoms with Crippen LogP contribution < -0.4 is 11.1 Å². The molecule has 4 nitrogen and oxygen atoms in total. The minimum Gasteiger partial charge on any atom is -0.370 e. The molecule has 2 aromatic carbocycles. The lowest BCUT2D eigenvalue weighted by Gasteiger charge is -2.17. The molecule has 2 rings (SSSR count). The number of hydrogen-bond acceptors (Lipinski definition) is 3. The van der Waals surface area contributed by atoms with Crippen LogP contribution in [0, 0.1) is 11.3 Å². The van der Waals surface area contributed by atoms with Crippen LogP contribution >= 0.6 is 0 Å². The molecule has 0 radical (unpaired) electrons. The normalized spacial score (nSPS) is 11.3. The molecule has 4 heteroatoms. The number of nitriles is 1. The Kier molecular flexibility index (Phi) is 4.35. The van der Waals surface area contributed by atoms with Gasteiger partial charge in [0.1, 0.15) is 6.04 Å². The fraction of sp³-hybridized carbons (Fsp3) is 0.125. The first-order valence-electron chi connectivity index (χ1n) is 6.27. The van der Waals surface area contributed by atoms with Gasteiger partial charge in [0.25, 0.3) is 0 Å². The van der Waals surface area contributed by atoms with Crippen LogP contribution in [-0.4, -0.2) is 5.91 Å². The third-order valence-corrected chi connectivity index (χ3v) is 2.97. The van der Waals surface area contributed by atoms with Crippen molar-refractivity contribution in [3.05, 3.63) is 65.7 Å². The van der Waals surface area contributed by atoms with E-state index >= 15 is 0 Å². The molecule has 0 aliphatic heterocycles. The average molecular weight is 265 g/mol. The molecule has 100 valence electrons. The molecule has 20 heavy (non-hydrogen) atoms. The number of anilines is 1. The Hall–Kier alpha value is -2.80. The van der Waals surface area contributed by atoms with Crippen molar-refractivity contribution < 1.29 is 4.79 Å². The summed E-state index contributed by atoms with van der Waals surface area (Å²) in [4.78, 5) is 11.6. The maximum Gasteiger partial charge on any atom is 0.244 e. The van der Waals surface area contributed by atoms with E-state index in [0.717, 1.165) is 16.8 Å². The summed E-state index contributed by atoms with van der Waals surface area (Å²) < 4.78 is 0. The van der Waals surface area contributed by atoms with Crippen LogP contribution in [0.5, 0.6) is 0 Å². The number of amides is 1. The lowest BCUT2D eigenvalue weighted by molar-refractivity contribution is -0.118. The molecule has 0 heterocycles. The third kappa shape index (κ3) is 3.36. The van der Waals surface area contributed by atoms with E-state index in [4.69, 9.17) is 11.0 Å². The number of carbonyl (C=O) groups is 1. The minimum atomic E-state index is -0.571. The maximum absolute atomic E-state index is 11.6. The molecule has 0 aromatic heterocycles. The van der Waals surface area contributed by atoms with Crippen molar-refractivity contribution in [2.24, 2.45) is 5.73 Å². The van der Waals surface area contributed by atoms with Crippen LogP contribution in [0.15, 0.2) is 54.6 Å². The zero-order valence-corrected chi connectivity index (χ0v) is 10.9. The second-order valence-corrected chi connectivity index (χ2v) is 4.42. The Bertz CT molecular complexity index is 614. The second kappa shape index (κ2) is 6.39. The number of hydrogen-bond donors (Lipinski definition) is 2. The molecule has 0 aliphatic rings. The van der Waals surface area contributed by atoms with Crippen LogP contribution in [-0.2, 0) is 11.2 Å².